The lowest BCUT2D eigenvalue weighted by atomic mass is 10.3. The van der Waals surface area contributed by atoms with E-state index in [1.165, 1.54) is 0 Å². The molecular weight excluding hydrogens is 188 g/mol. The zero-order valence-corrected chi connectivity index (χ0v) is 8.34. The van der Waals surface area contributed by atoms with Gasteiger partial charge in [0.15, 0.2) is 0 Å². The molecule has 0 saturated carbocycles. The summed E-state index contributed by atoms with van der Waals surface area (Å²) in [6.07, 6.45) is 1.77. The largest absolute Gasteiger partial charge is 0.383 e. The average molecular weight is 201 g/mol. The molecule has 0 amide bonds. The first-order valence-electron chi connectivity index (χ1n) is 4.13. The lowest BCUT2D eigenvalue weighted by molar-refractivity contribution is 0.199. The molecule has 0 aliphatic rings. The molecule has 1 aromatic rings. The molecule has 0 radical (unpaired) electrons. The van der Waals surface area contributed by atoms with Crippen LogP contribution < -0.4 is 5.32 Å². The van der Waals surface area contributed by atoms with E-state index in [0.29, 0.717) is 5.15 Å². The maximum absolute atomic E-state index is 5.64. The Labute approximate surface area is 83.1 Å². The predicted molar refractivity (Wildman–Crippen MR) is 52.8 cm³/mol. The van der Waals surface area contributed by atoms with E-state index in [0.717, 1.165) is 25.3 Å². The van der Waals surface area contributed by atoms with Gasteiger partial charge in [0.05, 0.1) is 6.61 Å². The van der Waals surface area contributed by atoms with Crippen molar-refractivity contribution in [1.82, 2.24) is 10.3 Å². The second kappa shape index (κ2) is 5.91. The van der Waals surface area contributed by atoms with Crippen LogP contribution in [0.5, 0.6) is 0 Å². The molecule has 1 aromatic heterocycles. The minimum Gasteiger partial charge on any atom is -0.383 e. The summed E-state index contributed by atoms with van der Waals surface area (Å²) in [5.41, 5.74) is 1.13. The molecular formula is C9H13ClN2O. The quantitative estimate of drug-likeness (QED) is 0.578. The van der Waals surface area contributed by atoms with Gasteiger partial charge in [0.25, 0.3) is 0 Å². The van der Waals surface area contributed by atoms with Gasteiger partial charge in [0.2, 0.25) is 0 Å². The summed E-state index contributed by atoms with van der Waals surface area (Å²) in [4.78, 5) is 3.97. The van der Waals surface area contributed by atoms with Crippen LogP contribution in [0.4, 0.5) is 0 Å². The summed E-state index contributed by atoms with van der Waals surface area (Å²) in [6.45, 7) is 2.37. The molecule has 0 unspecified atom stereocenters. The van der Waals surface area contributed by atoms with E-state index in [4.69, 9.17) is 16.3 Å². The molecule has 3 nitrogen and oxygen atoms in total. The van der Waals surface area contributed by atoms with E-state index >= 15 is 0 Å². The number of pyridine rings is 1. The summed E-state index contributed by atoms with van der Waals surface area (Å²) >= 11 is 5.64. The van der Waals surface area contributed by atoms with E-state index in [-0.39, 0.29) is 0 Å². The van der Waals surface area contributed by atoms with Crippen LogP contribution in [-0.4, -0.2) is 25.2 Å². The number of rotatable bonds is 5. The fourth-order valence-electron chi connectivity index (χ4n) is 0.918. The maximum Gasteiger partial charge on any atom is 0.129 e. The minimum absolute atomic E-state index is 0.528. The Balaban J connectivity index is 2.25. The Hall–Kier alpha value is -0.640. The fourth-order valence-corrected chi connectivity index (χ4v) is 1.03. The van der Waals surface area contributed by atoms with Crippen molar-refractivity contribution in [1.29, 1.82) is 0 Å². The highest BCUT2D eigenvalue weighted by Gasteiger charge is 1.92. The van der Waals surface area contributed by atoms with Crippen molar-refractivity contribution in [3.8, 4) is 0 Å². The Morgan fingerprint density at radius 3 is 3.00 bits per heavy atom. The number of nitrogens with zero attached hydrogens (tertiary/aromatic N) is 1. The molecule has 0 spiro atoms. The zero-order valence-electron chi connectivity index (χ0n) is 7.59. The first kappa shape index (κ1) is 10.4. The normalized spacial score (nSPS) is 10.3. The van der Waals surface area contributed by atoms with Crippen molar-refractivity contribution in [2.24, 2.45) is 0 Å². The van der Waals surface area contributed by atoms with Gasteiger partial charge in [-0.05, 0) is 11.6 Å². The molecule has 1 heterocycles. The molecule has 13 heavy (non-hydrogen) atoms. The Bertz CT molecular complexity index is 238. The SMILES string of the molecule is COCCNCc1ccc(Cl)nc1. The van der Waals surface area contributed by atoms with E-state index in [2.05, 4.69) is 10.3 Å². The van der Waals surface area contributed by atoms with Crippen molar-refractivity contribution in [3.63, 3.8) is 0 Å². The number of hydrogen-bond acceptors (Lipinski definition) is 3. The molecule has 0 atom stereocenters. The molecule has 4 heteroatoms. The van der Waals surface area contributed by atoms with Crippen LogP contribution in [0.25, 0.3) is 0 Å². The summed E-state index contributed by atoms with van der Waals surface area (Å²) in [5, 5.41) is 3.74. The van der Waals surface area contributed by atoms with Crippen molar-refractivity contribution in [2.75, 3.05) is 20.3 Å². The van der Waals surface area contributed by atoms with Gasteiger partial charge in [0.1, 0.15) is 5.15 Å². The molecule has 1 N–H and O–H groups in total. The second-order valence-corrected chi connectivity index (χ2v) is 3.05. The van der Waals surface area contributed by atoms with Crippen LogP contribution >= 0.6 is 11.6 Å². The van der Waals surface area contributed by atoms with E-state index in [1.54, 1.807) is 19.4 Å². The third-order valence-corrected chi connectivity index (χ3v) is 1.82. The van der Waals surface area contributed by atoms with Crippen LogP contribution in [-0.2, 0) is 11.3 Å². The summed E-state index contributed by atoms with van der Waals surface area (Å²) < 4.78 is 4.90. The Morgan fingerprint density at radius 1 is 1.54 bits per heavy atom. The van der Waals surface area contributed by atoms with Gasteiger partial charge in [-0.25, -0.2) is 4.98 Å². The number of aromatic nitrogens is 1. The number of nitrogens with one attached hydrogen (secondary N) is 1. The van der Waals surface area contributed by atoms with Gasteiger partial charge < -0.3 is 10.1 Å². The minimum atomic E-state index is 0.528. The number of hydrogen-bond donors (Lipinski definition) is 1. The third-order valence-electron chi connectivity index (χ3n) is 1.60. The topological polar surface area (TPSA) is 34.1 Å². The first-order chi connectivity index (χ1) is 6.33. The monoisotopic (exact) mass is 200 g/mol. The number of ether oxygens (including phenoxy) is 1. The molecule has 0 saturated heterocycles. The molecule has 0 aliphatic heterocycles. The van der Waals surface area contributed by atoms with Crippen LogP contribution in [0.15, 0.2) is 18.3 Å². The molecule has 0 aromatic carbocycles. The van der Waals surface area contributed by atoms with Crippen LogP contribution in [0.3, 0.4) is 0 Å². The highest BCUT2D eigenvalue weighted by molar-refractivity contribution is 6.29. The zero-order chi connectivity index (χ0) is 9.52. The summed E-state index contributed by atoms with van der Waals surface area (Å²) in [7, 11) is 1.69. The van der Waals surface area contributed by atoms with E-state index in [1.807, 2.05) is 6.07 Å². The summed E-state index contributed by atoms with van der Waals surface area (Å²) in [6, 6.07) is 3.74. The molecule has 72 valence electrons. The Morgan fingerprint density at radius 2 is 2.38 bits per heavy atom. The van der Waals surface area contributed by atoms with Crippen molar-refractivity contribution >= 4 is 11.6 Å². The van der Waals surface area contributed by atoms with Gasteiger partial charge in [-0.3, -0.25) is 0 Å². The highest BCUT2D eigenvalue weighted by atomic mass is 35.5. The van der Waals surface area contributed by atoms with Crippen molar-refractivity contribution in [3.05, 3.63) is 29.0 Å². The molecule has 0 bridgehead atoms. The predicted octanol–water partition coefficient (Wildman–Crippen LogP) is 1.47. The van der Waals surface area contributed by atoms with Gasteiger partial charge in [0, 0.05) is 26.4 Å². The van der Waals surface area contributed by atoms with Gasteiger partial charge in [-0.15, -0.1) is 0 Å². The highest BCUT2D eigenvalue weighted by Crippen LogP contribution is 2.04. The fraction of sp³-hybridized carbons (Fsp3) is 0.444. The Kier molecular flexibility index (Phi) is 4.75. The first-order valence-corrected chi connectivity index (χ1v) is 4.51. The number of halogens is 1. The maximum atomic E-state index is 5.64. The van der Waals surface area contributed by atoms with E-state index in [9.17, 15) is 0 Å². The van der Waals surface area contributed by atoms with Gasteiger partial charge >= 0.3 is 0 Å². The van der Waals surface area contributed by atoms with E-state index < -0.39 is 0 Å². The summed E-state index contributed by atoms with van der Waals surface area (Å²) in [5.74, 6) is 0. The van der Waals surface area contributed by atoms with Gasteiger partial charge in [-0.2, -0.15) is 0 Å². The molecule has 0 aliphatic carbocycles. The standard InChI is InChI=1S/C9H13ClN2O/c1-13-5-4-11-6-8-2-3-9(10)12-7-8/h2-3,7,11H,4-6H2,1H3. The van der Waals surface area contributed by atoms with Crippen LogP contribution in [0.1, 0.15) is 5.56 Å². The lowest BCUT2D eigenvalue weighted by Gasteiger charge is -2.03. The van der Waals surface area contributed by atoms with Crippen molar-refractivity contribution < 1.29 is 4.74 Å². The second-order valence-electron chi connectivity index (χ2n) is 2.66. The molecule has 1 rings (SSSR count). The van der Waals surface area contributed by atoms with Crippen LogP contribution in [0.2, 0.25) is 5.15 Å². The smallest absolute Gasteiger partial charge is 0.129 e. The average Bonchev–Trinajstić information content (AvgIpc) is 2.15. The van der Waals surface area contributed by atoms with Gasteiger partial charge in [-0.1, -0.05) is 17.7 Å². The number of methoxy groups -OCH3 is 1. The lowest BCUT2D eigenvalue weighted by Crippen LogP contribution is -2.18. The van der Waals surface area contributed by atoms with Crippen molar-refractivity contribution in [2.45, 2.75) is 6.54 Å². The third kappa shape index (κ3) is 4.22. The molecule has 0 fully saturated rings. The van der Waals surface area contributed by atoms with Crippen LogP contribution in [0, 0.1) is 0 Å².